The lowest BCUT2D eigenvalue weighted by atomic mass is 9.96. The highest BCUT2D eigenvalue weighted by Crippen LogP contribution is 2.46. The molecule has 158 valence electrons. The Hall–Kier alpha value is -3.60. The van der Waals surface area contributed by atoms with Crippen molar-refractivity contribution in [3.63, 3.8) is 0 Å². The molecule has 0 unspecified atom stereocenters. The van der Waals surface area contributed by atoms with Gasteiger partial charge in [0.05, 0.1) is 23.3 Å². The lowest BCUT2D eigenvalue weighted by Gasteiger charge is -2.23. The summed E-state index contributed by atoms with van der Waals surface area (Å²) < 4.78 is 6.15. The summed E-state index contributed by atoms with van der Waals surface area (Å²) in [6.45, 7) is 8.50. The van der Waals surface area contributed by atoms with E-state index in [1.54, 1.807) is 0 Å². The summed E-state index contributed by atoms with van der Waals surface area (Å²) in [5, 5.41) is 3.43. The lowest BCUT2D eigenvalue weighted by molar-refractivity contribution is 0.482. The molecular weight excluding hydrogens is 384 g/mol. The number of hydrogen-bond acceptors (Lipinski definition) is 4. The minimum absolute atomic E-state index is 0.0151. The predicted molar refractivity (Wildman–Crippen MR) is 129 cm³/mol. The van der Waals surface area contributed by atoms with E-state index in [-0.39, 0.29) is 5.41 Å². The van der Waals surface area contributed by atoms with Gasteiger partial charge in [0.15, 0.2) is 11.5 Å². The fourth-order valence-electron chi connectivity index (χ4n) is 3.30. The van der Waals surface area contributed by atoms with Crippen molar-refractivity contribution in [1.82, 2.24) is 9.97 Å². The number of aliphatic imine (C=N–C) groups is 1. The van der Waals surface area contributed by atoms with Crippen LogP contribution in [0.1, 0.15) is 39.9 Å². The molecule has 0 saturated heterocycles. The van der Waals surface area contributed by atoms with E-state index < -0.39 is 0 Å². The predicted octanol–water partition coefficient (Wildman–Crippen LogP) is 7.14. The maximum atomic E-state index is 6.15. The molecule has 5 heteroatoms. The van der Waals surface area contributed by atoms with Crippen molar-refractivity contribution in [2.75, 3.05) is 5.32 Å². The Morgan fingerprint density at radius 2 is 1.81 bits per heavy atom. The Kier molecular flexibility index (Phi) is 5.76. The summed E-state index contributed by atoms with van der Waals surface area (Å²) in [6, 6.07) is 14.0. The van der Waals surface area contributed by atoms with Gasteiger partial charge in [-0.15, -0.1) is 0 Å². The van der Waals surface area contributed by atoms with Gasteiger partial charge in [-0.3, -0.25) is 4.99 Å². The number of imidazole rings is 1. The first-order valence-corrected chi connectivity index (χ1v) is 10.5. The summed E-state index contributed by atoms with van der Waals surface area (Å²) in [5.41, 5.74) is 5.20. The van der Waals surface area contributed by atoms with Crippen LogP contribution in [0.3, 0.4) is 0 Å². The van der Waals surface area contributed by atoms with Crippen LogP contribution < -0.4 is 10.1 Å². The molecule has 0 fully saturated rings. The van der Waals surface area contributed by atoms with E-state index in [1.807, 2.05) is 61.1 Å². The Bertz CT molecular complexity index is 1160. The number of anilines is 2. The van der Waals surface area contributed by atoms with Crippen molar-refractivity contribution in [3.8, 4) is 22.8 Å². The SMILES string of the molecule is CC(C)(C)c1ncc(-c2cccc3c2Oc2ccccc2N3)[nH]1.CC1=CCC=NC=C1. The molecular formula is C26H28N4O. The summed E-state index contributed by atoms with van der Waals surface area (Å²) >= 11 is 0. The van der Waals surface area contributed by atoms with Gasteiger partial charge < -0.3 is 15.0 Å². The average molecular weight is 413 g/mol. The Labute approximate surface area is 183 Å². The topological polar surface area (TPSA) is 62.3 Å². The molecule has 0 spiro atoms. The molecule has 5 nitrogen and oxygen atoms in total. The summed E-state index contributed by atoms with van der Waals surface area (Å²) in [5.74, 6) is 2.63. The van der Waals surface area contributed by atoms with Crippen LogP contribution in [0.4, 0.5) is 11.4 Å². The third-order valence-corrected chi connectivity index (χ3v) is 5.03. The summed E-state index contributed by atoms with van der Waals surface area (Å²) in [6.07, 6.45) is 10.7. The molecule has 2 aromatic carbocycles. The second-order valence-electron chi connectivity index (χ2n) is 8.63. The van der Waals surface area contributed by atoms with Crippen LogP contribution in [0.2, 0.25) is 0 Å². The van der Waals surface area contributed by atoms with Gasteiger partial charge in [0.25, 0.3) is 0 Å². The van der Waals surface area contributed by atoms with E-state index in [9.17, 15) is 0 Å². The van der Waals surface area contributed by atoms with Crippen LogP contribution in [0.25, 0.3) is 11.3 Å². The number of H-pyrrole nitrogens is 1. The summed E-state index contributed by atoms with van der Waals surface area (Å²) in [7, 11) is 0. The van der Waals surface area contributed by atoms with Crippen molar-refractivity contribution >= 4 is 17.6 Å². The van der Waals surface area contributed by atoms with E-state index >= 15 is 0 Å². The van der Waals surface area contributed by atoms with Gasteiger partial charge in [0, 0.05) is 29.8 Å². The van der Waals surface area contributed by atoms with Crippen LogP contribution in [-0.4, -0.2) is 16.2 Å². The number of nitrogens with one attached hydrogen (secondary N) is 2. The number of aromatic nitrogens is 2. The Morgan fingerprint density at radius 1 is 1.00 bits per heavy atom. The number of benzene rings is 2. The number of nitrogens with zero attached hydrogens (tertiary/aromatic N) is 2. The first-order valence-electron chi connectivity index (χ1n) is 10.5. The van der Waals surface area contributed by atoms with Crippen molar-refractivity contribution in [2.24, 2.45) is 4.99 Å². The minimum atomic E-state index is -0.0151. The maximum Gasteiger partial charge on any atom is 0.160 e. The normalized spacial score (nSPS) is 14.1. The van der Waals surface area contributed by atoms with Crippen LogP contribution in [0.15, 0.2) is 77.6 Å². The van der Waals surface area contributed by atoms with Crippen molar-refractivity contribution in [1.29, 1.82) is 0 Å². The zero-order chi connectivity index (χ0) is 21.8. The molecule has 1 aromatic heterocycles. The van der Waals surface area contributed by atoms with E-state index in [4.69, 9.17) is 4.74 Å². The highest BCUT2D eigenvalue weighted by Gasteiger charge is 2.22. The van der Waals surface area contributed by atoms with Gasteiger partial charge in [-0.2, -0.15) is 0 Å². The molecule has 0 bridgehead atoms. The number of ether oxygens (including phenoxy) is 1. The first-order chi connectivity index (χ1) is 14.9. The van der Waals surface area contributed by atoms with Crippen molar-refractivity contribution < 1.29 is 4.74 Å². The maximum absolute atomic E-state index is 6.15. The largest absolute Gasteiger partial charge is 0.452 e. The highest BCUT2D eigenvalue weighted by molar-refractivity contribution is 5.83. The average Bonchev–Trinajstić information content (AvgIpc) is 3.14. The van der Waals surface area contributed by atoms with Crippen molar-refractivity contribution in [2.45, 2.75) is 39.5 Å². The van der Waals surface area contributed by atoms with Crippen molar-refractivity contribution in [3.05, 3.63) is 78.4 Å². The first kappa shape index (κ1) is 20.7. The molecule has 2 aliphatic rings. The number of rotatable bonds is 1. The third kappa shape index (κ3) is 4.77. The molecule has 0 amide bonds. The molecule has 0 radical (unpaired) electrons. The number of allylic oxidation sites excluding steroid dienone is 3. The zero-order valence-electron chi connectivity index (χ0n) is 18.4. The molecule has 31 heavy (non-hydrogen) atoms. The summed E-state index contributed by atoms with van der Waals surface area (Å²) in [4.78, 5) is 11.9. The third-order valence-electron chi connectivity index (χ3n) is 5.03. The van der Waals surface area contributed by atoms with Gasteiger partial charge in [-0.25, -0.2) is 4.98 Å². The van der Waals surface area contributed by atoms with E-state index in [0.29, 0.717) is 0 Å². The number of fused-ring (bicyclic) bond motifs is 2. The van der Waals surface area contributed by atoms with Crippen LogP contribution in [0, 0.1) is 0 Å². The highest BCUT2D eigenvalue weighted by atomic mass is 16.5. The smallest absolute Gasteiger partial charge is 0.160 e. The minimum Gasteiger partial charge on any atom is -0.452 e. The lowest BCUT2D eigenvalue weighted by Crippen LogP contribution is -2.13. The van der Waals surface area contributed by atoms with Crippen LogP contribution in [0.5, 0.6) is 11.5 Å². The van der Waals surface area contributed by atoms with E-state index in [1.165, 1.54) is 5.57 Å². The van der Waals surface area contributed by atoms with E-state index in [2.05, 4.69) is 60.1 Å². The standard InChI is InChI=1S/C19H19N3O.C7H9N/c1-19(2,3)18-20-11-15(22-18)12-7-6-9-14-17(12)23-16-10-5-4-8-13(16)21-14;1-7-3-2-5-8-6-4-7/h4-11,21H,1-3H3,(H,20,22);3-6H,2H2,1H3. The quantitative estimate of drug-likeness (QED) is 0.349. The fourth-order valence-corrected chi connectivity index (χ4v) is 3.30. The molecule has 0 aliphatic carbocycles. The second-order valence-corrected chi connectivity index (χ2v) is 8.63. The fraction of sp³-hybridized carbons (Fsp3) is 0.231. The second kappa shape index (κ2) is 8.64. The molecule has 0 atom stereocenters. The monoisotopic (exact) mass is 412 g/mol. The Morgan fingerprint density at radius 3 is 2.61 bits per heavy atom. The van der Waals surface area contributed by atoms with E-state index in [0.717, 1.165) is 46.4 Å². The van der Waals surface area contributed by atoms with Gasteiger partial charge in [0.2, 0.25) is 0 Å². The van der Waals surface area contributed by atoms with Gasteiger partial charge in [0.1, 0.15) is 5.82 Å². The number of hydrogen-bond donors (Lipinski definition) is 2. The molecule has 3 aromatic rings. The number of aromatic amines is 1. The molecule has 3 heterocycles. The van der Waals surface area contributed by atoms with Gasteiger partial charge in [-0.1, -0.05) is 50.6 Å². The Balaban J connectivity index is 0.000000245. The van der Waals surface area contributed by atoms with Crippen LogP contribution in [-0.2, 0) is 5.41 Å². The van der Waals surface area contributed by atoms with Gasteiger partial charge in [-0.05, 0) is 37.3 Å². The molecule has 2 aliphatic heterocycles. The molecule has 0 saturated carbocycles. The molecule has 2 N–H and O–H groups in total. The molecule has 5 rings (SSSR count). The van der Waals surface area contributed by atoms with Crippen LogP contribution >= 0.6 is 0 Å². The zero-order valence-corrected chi connectivity index (χ0v) is 18.4. The van der Waals surface area contributed by atoms with Gasteiger partial charge >= 0.3 is 0 Å². The number of para-hydroxylation sites is 3.